The number of nitrogens with zero attached hydrogens (tertiary/aromatic N) is 4. The lowest BCUT2D eigenvalue weighted by Crippen LogP contribution is -2.34. The molecule has 3 rings (SSSR count). The predicted molar refractivity (Wildman–Crippen MR) is 103 cm³/mol. The number of amides is 1. The van der Waals surface area contributed by atoms with E-state index in [-0.39, 0.29) is 5.91 Å². The molecule has 3 heterocycles. The molecule has 8 heteroatoms. The number of hydrogen-bond donors (Lipinski definition) is 2. The molecule has 0 saturated carbocycles. The average Bonchev–Trinajstić information content (AvgIpc) is 3.30. The second-order valence-corrected chi connectivity index (χ2v) is 8.03. The summed E-state index contributed by atoms with van der Waals surface area (Å²) in [5, 5.41) is 17.7. The number of carbonyl (C=O) groups is 1. The summed E-state index contributed by atoms with van der Waals surface area (Å²) >= 11 is 1.68. The highest BCUT2D eigenvalue weighted by molar-refractivity contribution is 7.09. The van der Waals surface area contributed by atoms with E-state index in [1.54, 1.807) is 22.2 Å². The largest absolute Gasteiger partial charge is 0.350 e. The van der Waals surface area contributed by atoms with Crippen molar-refractivity contribution >= 4 is 17.2 Å². The molecule has 1 aliphatic rings. The van der Waals surface area contributed by atoms with Gasteiger partial charge in [-0.15, -0.1) is 16.4 Å². The molecule has 0 spiro atoms. The summed E-state index contributed by atoms with van der Waals surface area (Å²) in [7, 11) is 0. The Labute approximate surface area is 158 Å². The molecule has 0 bridgehead atoms. The third kappa shape index (κ3) is 5.35. The van der Waals surface area contributed by atoms with E-state index in [4.69, 9.17) is 0 Å². The van der Waals surface area contributed by atoms with Gasteiger partial charge >= 0.3 is 0 Å². The lowest BCUT2D eigenvalue weighted by atomic mass is 10.0. The number of aryl methyl sites for hydroxylation is 1. The van der Waals surface area contributed by atoms with E-state index in [2.05, 4.69) is 45.2 Å². The van der Waals surface area contributed by atoms with Crippen LogP contribution in [-0.4, -0.2) is 45.0 Å². The van der Waals surface area contributed by atoms with Gasteiger partial charge in [0.1, 0.15) is 0 Å². The number of thiazole rings is 1. The minimum atomic E-state index is -0.175. The van der Waals surface area contributed by atoms with Gasteiger partial charge < -0.3 is 10.6 Å². The van der Waals surface area contributed by atoms with Gasteiger partial charge in [-0.1, -0.05) is 25.5 Å². The lowest BCUT2D eigenvalue weighted by Gasteiger charge is -2.23. The first kappa shape index (κ1) is 19.0. The minimum absolute atomic E-state index is 0.175. The van der Waals surface area contributed by atoms with Crippen molar-refractivity contribution in [3.8, 4) is 0 Å². The summed E-state index contributed by atoms with van der Waals surface area (Å²) in [6.45, 7) is 6.72. The lowest BCUT2D eigenvalue weighted by molar-refractivity contribution is 0.0949. The SMILES string of the molecule is CC(C)c1nc(CCNC(=O)c2cn(CC[C@@H]3CCCCN3)nn2)cs1. The highest BCUT2D eigenvalue weighted by atomic mass is 32.1. The van der Waals surface area contributed by atoms with E-state index >= 15 is 0 Å². The molecule has 0 radical (unpaired) electrons. The van der Waals surface area contributed by atoms with Crippen molar-refractivity contribution < 1.29 is 4.79 Å². The van der Waals surface area contributed by atoms with Crippen LogP contribution in [0.5, 0.6) is 0 Å². The molecule has 142 valence electrons. The fourth-order valence-electron chi connectivity index (χ4n) is 3.07. The first-order valence-corrected chi connectivity index (χ1v) is 10.4. The van der Waals surface area contributed by atoms with Gasteiger partial charge in [0.15, 0.2) is 5.69 Å². The van der Waals surface area contributed by atoms with Gasteiger partial charge in [0, 0.05) is 36.9 Å². The molecule has 0 aliphatic carbocycles. The maximum Gasteiger partial charge on any atom is 0.273 e. The summed E-state index contributed by atoms with van der Waals surface area (Å²) in [6.07, 6.45) is 7.27. The molecular formula is C18H28N6OS. The van der Waals surface area contributed by atoms with Crippen molar-refractivity contribution in [2.45, 2.75) is 64.5 Å². The Morgan fingerprint density at radius 3 is 3.08 bits per heavy atom. The van der Waals surface area contributed by atoms with Crippen LogP contribution in [0, 0.1) is 0 Å². The van der Waals surface area contributed by atoms with E-state index in [0.29, 0.717) is 24.2 Å². The number of carbonyl (C=O) groups excluding carboxylic acids is 1. The van der Waals surface area contributed by atoms with Crippen molar-refractivity contribution in [3.05, 3.63) is 28.0 Å². The number of rotatable bonds is 8. The molecule has 1 atom stereocenters. The van der Waals surface area contributed by atoms with Gasteiger partial charge in [-0.05, 0) is 25.8 Å². The van der Waals surface area contributed by atoms with Gasteiger partial charge in [-0.3, -0.25) is 9.48 Å². The van der Waals surface area contributed by atoms with Crippen molar-refractivity contribution in [3.63, 3.8) is 0 Å². The Balaban J connectivity index is 1.40. The number of nitrogens with one attached hydrogen (secondary N) is 2. The summed E-state index contributed by atoms with van der Waals surface area (Å²) < 4.78 is 1.76. The Morgan fingerprint density at radius 2 is 2.35 bits per heavy atom. The van der Waals surface area contributed by atoms with Gasteiger partial charge in [0.05, 0.1) is 16.9 Å². The molecule has 2 N–H and O–H groups in total. The molecule has 1 amide bonds. The van der Waals surface area contributed by atoms with E-state index in [1.165, 1.54) is 19.3 Å². The van der Waals surface area contributed by atoms with Crippen LogP contribution in [0.15, 0.2) is 11.6 Å². The van der Waals surface area contributed by atoms with E-state index < -0.39 is 0 Å². The van der Waals surface area contributed by atoms with Crippen molar-refractivity contribution in [2.24, 2.45) is 0 Å². The van der Waals surface area contributed by atoms with Crippen LogP contribution in [0.2, 0.25) is 0 Å². The van der Waals surface area contributed by atoms with Gasteiger partial charge in [0.2, 0.25) is 0 Å². The smallest absolute Gasteiger partial charge is 0.273 e. The van der Waals surface area contributed by atoms with Gasteiger partial charge in [0.25, 0.3) is 5.91 Å². The van der Waals surface area contributed by atoms with E-state index in [9.17, 15) is 4.79 Å². The molecule has 1 fully saturated rings. The monoisotopic (exact) mass is 376 g/mol. The number of hydrogen-bond acceptors (Lipinski definition) is 6. The van der Waals surface area contributed by atoms with Crippen molar-refractivity contribution in [2.75, 3.05) is 13.1 Å². The molecule has 1 saturated heterocycles. The molecule has 1 aliphatic heterocycles. The number of aromatic nitrogens is 4. The maximum atomic E-state index is 12.2. The highest BCUT2D eigenvalue weighted by Gasteiger charge is 2.14. The summed E-state index contributed by atoms with van der Waals surface area (Å²) in [5.41, 5.74) is 1.41. The zero-order valence-corrected chi connectivity index (χ0v) is 16.4. The second-order valence-electron chi connectivity index (χ2n) is 7.14. The molecule has 2 aromatic rings. The van der Waals surface area contributed by atoms with Crippen LogP contribution in [0.4, 0.5) is 0 Å². The van der Waals surface area contributed by atoms with Gasteiger partial charge in [-0.25, -0.2) is 4.98 Å². The standard InChI is InChI=1S/C18H28N6OS/c1-13(2)18-21-15(12-26-18)6-9-20-17(25)16-11-24(23-22-16)10-7-14-5-3-4-8-19-14/h11-14,19H,3-10H2,1-2H3,(H,20,25)/t14-/m0/s1. The topological polar surface area (TPSA) is 84.7 Å². The van der Waals surface area contributed by atoms with Crippen LogP contribution in [-0.2, 0) is 13.0 Å². The second kappa shape index (κ2) is 9.23. The Kier molecular flexibility index (Phi) is 6.73. The number of piperidine rings is 1. The molecule has 26 heavy (non-hydrogen) atoms. The first-order chi connectivity index (χ1) is 12.6. The van der Waals surface area contributed by atoms with E-state index in [1.807, 2.05) is 0 Å². The molecular weight excluding hydrogens is 348 g/mol. The quantitative estimate of drug-likeness (QED) is 0.739. The Bertz CT molecular complexity index is 704. The first-order valence-electron chi connectivity index (χ1n) is 9.48. The normalized spacial score (nSPS) is 17.6. The summed E-state index contributed by atoms with van der Waals surface area (Å²) in [4.78, 5) is 16.8. The maximum absolute atomic E-state index is 12.2. The average molecular weight is 377 g/mol. The third-order valence-electron chi connectivity index (χ3n) is 4.62. The molecule has 2 aromatic heterocycles. The predicted octanol–water partition coefficient (Wildman–Crippen LogP) is 2.36. The van der Waals surface area contributed by atoms with E-state index in [0.717, 1.165) is 36.6 Å². The van der Waals surface area contributed by atoms with Crippen molar-refractivity contribution in [1.82, 2.24) is 30.6 Å². The minimum Gasteiger partial charge on any atom is -0.350 e. The van der Waals surface area contributed by atoms with Gasteiger partial charge in [-0.2, -0.15) is 0 Å². The van der Waals surface area contributed by atoms with Crippen LogP contribution in [0.3, 0.4) is 0 Å². The molecule has 7 nitrogen and oxygen atoms in total. The fraction of sp³-hybridized carbons (Fsp3) is 0.667. The Hall–Kier alpha value is -1.80. The van der Waals surface area contributed by atoms with Crippen LogP contribution >= 0.6 is 11.3 Å². The summed E-state index contributed by atoms with van der Waals surface area (Å²) in [6, 6.07) is 0.555. The molecule has 0 aromatic carbocycles. The highest BCUT2D eigenvalue weighted by Crippen LogP contribution is 2.19. The van der Waals surface area contributed by atoms with Crippen LogP contribution < -0.4 is 10.6 Å². The summed E-state index contributed by atoms with van der Waals surface area (Å²) in [5.74, 6) is 0.272. The third-order valence-corrected chi connectivity index (χ3v) is 5.81. The van der Waals surface area contributed by atoms with Crippen LogP contribution in [0.25, 0.3) is 0 Å². The van der Waals surface area contributed by atoms with Crippen LogP contribution in [0.1, 0.15) is 66.6 Å². The van der Waals surface area contributed by atoms with Crippen molar-refractivity contribution in [1.29, 1.82) is 0 Å². The Morgan fingerprint density at radius 1 is 1.46 bits per heavy atom. The zero-order valence-electron chi connectivity index (χ0n) is 15.6. The fourth-order valence-corrected chi connectivity index (χ4v) is 3.94. The zero-order chi connectivity index (χ0) is 18.4. The molecule has 0 unspecified atom stereocenters.